The first kappa shape index (κ1) is 18.5. The Balaban J connectivity index is 1.54. The van der Waals surface area contributed by atoms with E-state index in [9.17, 15) is 9.59 Å². The number of amides is 2. The number of hydrogen-bond acceptors (Lipinski definition) is 4. The molecule has 1 saturated heterocycles. The van der Waals surface area contributed by atoms with Gasteiger partial charge in [-0.25, -0.2) is 9.69 Å². The predicted octanol–water partition coefficient (Wildman–Crippen LogP) is 5.21. The molecular weight excluding hydrogens is 366 g/mol. The van der Waals surface area contributed by atoms with E-state index in [0.717, 1.165) is 16.0 Å². The predicted molar refractivity (Wildman–Crippen MR) is 109 cm³/mol. The van der Waals surface area contributed by atoms with Crippen LogP contribution in [0.1, 0.15) is 17.2 Å². The minimum atomic E-state index is -0.637. The number of cyclic esters (lactones) is 1. The molecule has 0 bridgehead atoms. The molecular formula is C24H19NO4. The molecule has 3 aromatic rings. The van der Waals surface area contributed by atoms with Gasteiger partial charge in [0, 0.05) is 11.6 Å². The van der Waals surface area contributed by atoms with E-state index in [1.165, 1.54) is 6.08 Å². The summed E-state index contributed by atoms with van der Waals surface area (Å²) in [5, 5.41) is 0. The molecule has 3 aromatic carbocycles. The lowest BCUT2D eigenvalue weighted by atomic mass is 10.1. The SMILES string of the molecule is O=C(/C=C/c1ccccc1Oc1ccccc1)N1C(=O)OC[C@H]1c1ccccc1. The Morgan fingerprint density at radius 3 is 2.34 bits per heavy atom. The molecule has 0 spiro atoms. The highest BCUT2D eigenvalue weighted by molar-refractivity contribution is 6.02. The Labute approximate surface area is 168 Å². The van der Waals surface area contributed by atoms with Gasteiger partial charge in [-0.1, -0.05) is 66.7 Å². The van der Waals surface area contributed by atoms with Crippen LogP contribution in [0.3, 0.4) is 0 Å². The molecule has 0 aliphatic carbocycles. The number of hydrogen-bond donors (Lipinski definition) is 0. The first-order chi connectivity index (χ1) is 14.2. The molecule has 5 heteroatoms. The van der Waals surface area contributed by atoms with Crippen LogP contribution in [0.25, 0.3) is 6.08 Å². The van der Waals surface area contributed by atoms with Gasteiger partial charge in [-0.15, -0.1) is 0 Å². The summed E-state index contributed by atoms with van der Waals surface area (Å²) in [5.41, 5.74) is 1.58. The van der Waals surface area contributed by atoms with Crippen LogP contribution in [0.5, 0.6) is 11.5 Å². The van der Waals surface area contributed by atoms with Gasteiger partial charge in [0.25, 0.3) is 5.91 Å². The van der Waals surface area contributed by atoms with E-state index in [1.807, 2.05) is 84.9 Å². The fourth-order valence-electron chi connectivity index (χ4n) is 3.15. The number of nitrogens with zero attached hydrogens (tertiary/aromatic N) is 1. The second-order valence-electron chi connectivity index (χ2n) is 6.50. The van der Waals surface area contributed by atoms with Crippen LogP contribution in [0.2, 0.25) is 0 Å². The lowest BCUT2D eigenvalue weighted by Gasteiger charge is -2.18. The van der Waals surface area contributed by atoms with Gasteiger partial charge in [-0.05, 0) is 29.8 Å². The zero-order valence-electron chi connectivity index (χ0n) is 15.6. The summed E-state index contributed by atoms with van der Waals surface area (Å²) in [6, 6.07) is 25.7. The lowest BCUT2D eigenvalue weighted by Crippen LogP contribution is -2.32. The zero-order chi connectivity index (χ0) is 20.1. The first-order valence-corrected chi connectivity index (χ1v) is 9.27. The van der Waals surface area contributed by atoms with Crippen molar-refractivity contribution in [1.82, 2.24) is 4.90 Å². The summed E-state index contributed by atoms with van der Waals surface area (Å²) in [4.78, 5) is 26.1. The van der Waals surface area contributed by atoms with Crippen LogP contribution in [-0.2, 0) is 9.53 Å². The number of para-hydroxylation sites is 2. The third-order valence-electron chi connectivity index (χ3n) is 4.59. The number of benzene rings is 3. The van der Waals surface area contributed by atoms with Crippen molar-refractivity contribution in [2.75, 3.05) is 6.61 Å². The van der Waals surface area contributed by atoms with Gasteiger partial charge in [0.15, 0.2) is 0 Å². The van der Waals surface area contributed by atoms with E-state index < -0.39 is 18.0 Å². The zero-order valence-corrected chi connectivity index (χ0v) is 15.6. The van der Waals surface area contributed by atoms with Crippen molar-refractivity contribution in [3.05, 3.63) is 102 Å². The molecule has 29 heavy (non-hydrogen) atoms. The van der Waals surface area contributed by atoms with Gasteiger partial charge in [0.2, 0.25) is 0 Å². The number of rotatable bonds is 5. The van der Waals surface area contributed by atoms with Gasteiger partial charge in [0.1, 0.15) is 24.1 Å². The summed E-state index contributed by atoms with van der Waals surface area (Å²) in [6.07, 6.45) is 2.38. The molecule has 2 amide bonds. The standard InChI is InChI=1S/C24H19NO4/c26-23(25-21(17-28-24(25)27)18-9-3-1-4-10-18)16-15-19-11-7-8-14-22(19)29-20-12-5-2-6-13-20/h1-16,21H,17H2/b16-15+/t21-/m0/s1. The van der Waals surface area contributed by atoms with Gasteiger partial charge in [0.05, 0.1) is 0 Å². The first-order valence-electron chi connectivity index (χ1n) is 9.27. The van der Waals surface area contributed by atoms with Crippen molar-refractivity contribution in [2.45, 2.75) is 6.04 Å². The van der Waals surface area contributed by atoms with E-state index in [4.69, 9.17) is 9.47 Å². The highest BCUT2D eigenvalue weighted by atomic mass is 16.6. The molecule has 1 heterocycles. The number of ether oxygens (including phenoxy) is 2. The number of carbonyl (C=O) groups excluding carboxylic acids is 2. The average molecular weight is 385 g/mol. The molecule has 1 aliphatic rings. The topological polar surface area (TPSA) is 55.8 Å². The van der Waals surface area contributed by atoms with E-state index in [0.29, 0.717) is 11.5 Å². The van der Waals surface area contributed by atoms with Gasteiger partial charge in [-0.3, -0.25) is 4.79 Å². The van der Waals surface area contributed by atoms with Crippen molar-refractivity contribution >= 4 is 18.1 Å². The molecule has 1 fully saturated rings. The average Bonchev–Trinajstić information content (AvgIpc) is 3.16. The highest BCUT2D eigenvalue weighted by Gasteiger charge is 2.37. The fraction of sp³-hybridized carbons (Fsp3) is 0.0833. The molecule has 1 aliphatic heterocycles. The Morgan fingerprint density at radius 1 is 0.931 bits per heavy atom. The van der Waals surface area contributed by atoms with Crippen LogP contribution >= 0.6 is 0 Å². The summed E-state index contributed by atoms with van der Waals surface area (Å²) in [5.74, 6) is 0.883. The lowest BCUT2D eigenvalue weighted by molar-refractivity contribution is -0.124. The van der Waals surface area contributed by atoms with E-state index in [-0.39, 0.29) is 6.61 Å². The van der Waals surface area contributed by atoms with Gasteiger partial charge >= 0.3 is 6.09 Å². The third-order valence-corrected chi connectivity index (χ3v) is 4.59. The summed E-state index contributed by atoms with van der Waals surface area (Å²) in [7, 11) is 0. The molecule has 0 unspecified atom stereocenters. The fourth-order valence-corrected chi connectivity index (χ4v) is 3.15. The molecule has 0 aromatic heterocycles. The Kier molecular flexibility index (Phi) is 5.38. The van der Waals surface area contributed by atoms with Gasteiger partial charge < -0.3 is 9.47 Å². The maximum atomic E-state index is 12.8. The normalized spacial score (nSPS) is 16.1. The Hall–Kier alpha value is -3.86. The van der Waals surface area contributed by atoms with Crippen LogP contribution in [-0.4, -0.2) is 23.5 Å². The van der Waals surface area contributed by atoms with Crippen molar-refractivity contribution in [3.63, 3.8) is 0 Å². The maximum absolute atomic E-state index is 12.8. The number of imide groups is 1. The second kappa shape index (κ2) is 8.44. The van der Waals surface area contributed by atoms with E-state index >= 15 is 0 Å². The smallest absolute Gasteiger partial charge is 0.417 e. The van der Waals surface area contributed by atoms with Crippen LogP contribution < -0.4 is 4.74 Å². The van der Waals surface area contributed by atoms with Crippen LogP contribution in [0, 0.1) is 0 Å². The largest absolute Gasteiger partial charge is 0.457 e. The molecule has 5 nitrogen and oxygen atoms in total. The molecule has 0 radical (unpaired) electrons. The van der Waals surface area contributed by atoms with Crippen molar-refractivity contribution in [2.24, 2.45) is 0 Å². The Morgan fingerprint density at radius 2 is 1.59 bits per heavy atom. The van der Waals surface area contributed by atoms with Crippen LogP contribution in [0.15, 0.2) is 91.0 Å². The minimum absolute atomic E-state index is 0.149. The van der Waals surface area contributed by atoms with E-state index in [1.54, 1.807) is 6.08 Å². The van der Waals surface area contributed by atoms with Gasteiger partial charge in [-0.2, -0.15) is 0 Å². The molecule has 0 saturated carbocycles. The van der Waals surface area contributed by atoms with Crippen molar-refractivity contribution in [1.29, 1.82) is 0 Å². The van der Waals surface area contributed by atoms with E-state index in [2.05, 4.69) is 0 Å². The maximum Gasteiger partial charge on any atom is 0.417 e. The molecule has 0 N–H and O–H groups in total. The molecule has 144 valence electrons. The monoisotopic (exact) mass is 385 g/mol. The number of carbonyl (C=O) groups is 2. The van der Waals surface area contributed by atoms with Crippen molar-refractivity contribution < 1.29 is 19.1 Å². The summed E-state index contributed by atoms with van der Waals surface area (Å²) < 4.78 is 11.0. The Bertz CT molecular complexity index is 1030. The summed E-state index contributed by atoms with van der Waals surface area (Å²) in [6.45, 7) is 0.149. The van der Waals surface area contributed by atoms with Crippen molar-refractivity contribution in [3.8, 4) is 11.5 Å². The highest BCUT2D eigenvalue weighted by Crippen LogP contribution is 2.29. The molecule has 1 atom stereocenters. The summed E-state index contributed by atoms with van der Waals surface area (Å²) >= 11 is 0. The second-order valence-corrected chi connectivity index (χ2v) is 6.50. The molecule has 4 rings (SSSR count). The minimum Gasteiger partial charge on any atom is -0.457 e. The van der Waals surface area contributed by atoms with Crippen LogP contribution in [0.4, 0.5) is 4.79 Å². The quantitative estimate of drug-likeness (QED) is 0.566. The third kappa shape index (κ3) is 4.19.